The predicted molar refractivity (Wildman–Crippen MR) is 152 cm³/mol. The molecule has 0 aromatic heterocycles. The van der Waals surface area contributed by atoms with E-state index < -0.39 is 11.8 Å². The van der Waals surface area contributed by atoms with E-state index in [2.05, 4.69) is 10.3 Å². The summed E-state index contributed by atoms with van der Waals surface area (Å²) in [6.07, 6.45) is 2.79. The van der Waals surface area contributed by atoms with Gasteiger partial charge in [-0.1, -0.05) is 54.6 Å². The van der Waals surface area contributed by atoms with Gasteiger partial charge in [0.2, 0.25) is 5.91 Å². The largest absolute Gasteiger partial charge is 0.496 e. The molecule has 0 spiro atoms. The van der Waals surface area contributed by atoms with E-state index in [0.717, 1.165) is 22.6 Å². The number of hydrogen-bond acceptors (Lipinski definition) is 7. The third-order valence-electron chi connectivity index (χ3n) is 7.64. The second-order valence-corrected chi connectivity index (χ2v) is 10.3. The summed E-state index contributed by atoms with van der Waals surface area (Å²) in [7, 11) is 1.66. The van der Waals surface area contributed by atoms with Gasteiger partial charge in [0.1, 0.15) is 5.75 Å². The second-order valence-electron chi connectivity index (χ2n) is 10.3. The van der Waals surface area contributed by atoms with Gasteiger partial charge in [0.15, 0.2) is 6.23 Å². The van der Waals surface area contributed by atoms with Gasteiger partial charge in [-0.2, -0.15) is 0 Å². The quantitative estimate of drug-likeness (QED) is 0.384. The topological polar surface area (TPSA) is 97.6 Å². The van der Waals surface area contributed by atoms with Crippen LogP contribution in [0.4, 0.5) is 11.4 Å². The van der Waals surface area contributed by atoms with E-state index in [1.54, 1.807) is 18.3 Å². The Kier molecular flexibility index (Phi) is 8.14. The first-order chi connectivity index (χ1) is 18.9. The van der Waals surface area contributed by atoms with Crippen molar-refractivity contribution >= 4 is 23.6 Å². The van der Waals surface area contributed by atoms with Crippen LogP contribution in [0.5, 0.6) is 5.75 Å². The number of likely N-dealkylation sites (tertiary alicyclic amines) is 1. The first-order valence-corrected chi connectivity index (χ1v) is 13.5. The summed E-state index contributed by atoms with van der Waals surface area (Å²) in [5.74, 6) is 0.942. The Hall–Kier alpha value is -3.88. The first kappa shape index (κ1) is 26.7. The minimum atomic E-state index is -1.00. The monoisotopic (exact) mass is 528 g/mol. The van der Waals surface area contributed by atoms with Gasteiger partial charge in [-0.3, -0.25) is 4.79 Å². The molecule has 0 saturated carbocycles. The summed E-state index contributed by atoms with van der Waals surface area (Å²) in [4.78, 5) is 20.8. The van der Waals surface area contributed by atoms with Crippen LogP contribution >= 0.6 is 0 Å². The zero-order valence-electron chi connectivity index (χ0n) is 22.3. The number of rotatable bonds is 9. The first-order valence-electron chi connectivity index (χ1n) is 13.5. The van der Waals surface area contributed by atoms with Crippen molar-refractivity contribution in [3.8, 4) is 5.75 Å². The molecule has 0 bridgehead atoms. The van der Waals surface area contributed by atoms with Crippen LogP contribution in [0.15, 0.2) is 77.8 Å². The molecule has 3 aromatic carbocycles. The third-order valence-corrected chi connectivity index (χ3v) is 7.64. The Bertz CT molecular complexity index is 1300. The highest BCUT2D eigenvalue weighted by atomic mass is 16.5. The summed E-state index contributed by atoms with van der Waals surface area (Å²) < 4.78 is 5.42. The summed E-state index contributed by atoms with van der Waals surface area (Å²) >= 11 is 0. The van der Waals surface area contributed by atoms with Crippen molar-refractivity contribution in [3.63, 3.8) is 0 Å². The van der Waals surface area contributed by atoms with E-state index in [0.29, 0.717) is 56.6 Å². The predicted octanol–water partition coefficient (Wildman–Crippen LogP) is 4.26. The Labute approximate surface area is 229 Å². The standard InChI is InChI=1S/C31H36N4O4/c1-39-28-10-6-5-9-24(28)20-32-25-12-13-26-27(19-25)33-22-35(30(26)37)21-31(38)15-17-34(18-16-31)29(36)14-11-23-7-3-2-4-8-23/h2-10,12-13,19,22,30,32,37-38H,11,14-18,20-21H2,1H3. The van der Waals surface area contributed by atoms with E-state index in [1.165, 1.54) is 0 Å². The SMILES string of the molecule is COc1ccccc1CNc1ccc2c(c1)N=CN(CC1(O)CCN(C(=O)CCc3ccccc3)CC1)C2O. The van der Waals surface area contributed by atoms with Crippen molar-refractivity contribution in [2.45, 2.75) is 44.1 Å². The van der Waals surface area contributed by atoms with Crippen molar-refractivity contribution in [3.05, 3.63) is 89.5 Å². The van der Waals surface area contributed by atoms with E-state index in [-0.39, 0.29) is 12.5 Å². The minimum Gasteiger partial charge on any atom is -0.496 e. The van der Waals surface area contributed by atoms with Gasteiger partial charge < -0.3 is 30.1 Å². The van der Waals surface area contributed by atoms with Gasteiger partial charge in [-0.25, -0.2) is 4.99 Å². The highest BCUT2D eigenvalue weighted by molar-refractivity contribution is 5.76. The van der Waals surface area contributed by atoms with Crippen LogP contribution in [0.3, 0.4) is 0 Å². The number of carbonyl (C=O) groups excluding carboxylic acids is 1. The van der Waals surface area contributed by atoms with Gasteiger partial charge in [0.25, 0.3) is 0 Å². The van der Waals surface area contributed by atoms with Crippen molar-refractivity contribution in [2.24, 2.45) is 4.99 Å². The number of benzene rings is 3. The maximum absolute atomic E-state index is 12.7. The smallest absolute Gasteiger partial charge is 0.222 e. The van der Waals surface area contributed by atoms with Crippen LogP contribution in [0, 0.1) is 0 Å². The number of aliphatic imine (C=N–C) groups is 1. The molecule has 3 aromatic rings. The maximum Gasteiger partial charge on any atom is 0.222 e. The number of anilines is 1. The lowest BCUT2D eigenvalue weighted by molar-refractivity contribution is -0.136. The van der Waals surface area contributed by atoms with Crippen molar-refractivity contribution in [2.75, 3.05) is 32.1 Å². The highest BCUT2D eigenvalue weighted by Gasteiger charge is 2.37. The Morgan fingerprint density at radius 2 is 1.82 bits per heavy atom. The minimum absolute atomic E-state index is 0.115. The summed E-state index contributed by atoms with van der Waals surface area (Å²) in [5.41, 5.74) is 3.46. The molecule has 1 atom stereocenters. The van der Waals surface area contributed by atoms with Crippen LogP contribution in [0.2, 0.25) is 0 Å². The fourth-order valence-electron chi connectivity index (χ4n) is 5.26. The van der Waals surface area contributed by atoms with Crippen LogP contribution in [0.25, 0.3) is 0 Å². The summed E-state index contributed by atoms with van der Waals surface area (Å²) in [5, 5.41) is 25.8. The lowest BCUT2D eigenvalue weighted by Crippen LogP contribution is -2.52. The van der Waals surface area contributed by atoms with Crippen LogP contribution in [-0.2, 0) is 17.8 Å². The molecule has 1 saturated heterocycles. The molecular weight excluding hydrogens is 492 g/mol. The van der Waals surface area contributed by atoms with E-state index in [1.807, 2.05) is 77.7 Å². The molecular formula is C31H36N4O4. The van der Waals surface area contributed by atoms with E-state index >= 15 is 0 Å². The number of aliphatic hydroxyl groups is 2. The van der Waals surface area contributed by atoms with Crippen LogP contribution in [0.1, 0.15) is 42.2 Å². The number of ether oxygens (including phenoxy) is 1. The maximum atomic E-state index is 12.7. The number of fused-ring (bicyclic) bond motifs is 1. The lowest BCUT2D eigenvalue weighted by Gasteiger charge is -2.42. The second kappa shape index (κ2) is 11.9. The highest BCUT2D eigenvalue weighted by Crippen LogP contribution is 2.36. The number of β-amino-alcohol motifs (C(OH)–C–C–N with tert-alkyl or cyclic N) is 1. The molecule has 8 nitrogen and oxygen atoms in total. The fraction of sp³-hybridized carbons (Fsp3) is 0.355. The van der Waals surface area contributed by atoms with Crippen molar-refractivity contribution in [1.29, 1.82) is 0 Å². The number of nitrogens with one attached hydrogen (secondary N) is 1. The Morgan fingerprint density at radius 3 is 2.59 bits per heavy atom. The zero-order valence-corrected chi connectivity index (χ0v) is 22.3. The molecule has 5 rings (SSSR count). The van der Waals surface area contributed by atoms with Gasteiger partial charge in [-0.15, -0.1) is 0 Å². The lowest BCUT2D eigenvalue weighted by atomic mass is 9.90. The van der Waals surface area contributed by atoms with Crippen molar-refractivity contribution < 1.29 is 19.7 Å². The molecule has 8 heteroatoms. The average molecular weight is 529 g/mol. The molecule has 0 aliphatic carbocycles. The number of hydrogen-bond donors (Lipinski definition) is 3. The molecule has 1 fully saturated rings. The molecule has 2 heterocycles. The molecule has 204 valence electrons. The third kappa shape index (κ3) is 6.41. The zero-order chi connectivity index (χ0) is 27.2. The number of nitrogens with zero attached hydrogens (tertiary/aromatic N) is 3. The number of methoxy groups -OCH3 is 1. The molecule has 2 aliphatic heterocycles. The van der Waals surface area contributed by atoms with Gasteiger partial charge in [0.05, 0.1) is 31.3 Å². The Morgan fingerprint density at radius 1 is 1.08 bits per heavy atom. The van der Waals surface area contributed by atoms with Crippen LogP contribution < -0.4 is 10.1 Å². The summed E-state index contributed by atoms with van der Waals surface area (Å²) in [6, 6.07) is 23.6. The molecule has 1 unspecified atom stereocenters. The summed E-state index contributed by atoms with van der Waals surface area (Å²) in [6.45, 7) is 1.85. The number of para-hydroxylation sites is 1. The molecule has 3 N–H and O–H groups in total. The van der Waals surface area contributed by atoms with Gasteiger partial charge >= 0.3 is 0 Å². The van der Waals surface area contributed by atoms with Crippen molar-refractivity contribution in [1.82, 2.24) is 9.80 Å². The number of amides is 1. The van der Waals surface area contributed by atoms with E-state index in [4.69, 9.17) is 4.74 Å². The Balaban J connectivity index is 1.14. The molecule has 1 amide bonds. The van der Waals surface area contributed by atoms with Gasteiger partial charge in [0, 0.05) is 42.9 Å². The number of aliphatic hydroxyl groups excluding tert-OH is 1. The number of piperidine rings is 1. The fourth-order valence-corrected chi connectivity index (χ4v) is 5.26. The van der Waals surface area contributed by atoms with Crippen LogP contribution in [-0.4, -0.2) is 64.6 Å². The average Bonchev–Trinajstić information content (AvgIpc) is 2.97. The van der Waals surface area contributed by atoms with Gasteiger partial charge in [-0.05, 0) is 43.0 Å². The molecule has 39 heavy (non-hydrogen) atoms. The van der Waals surface area contributed by atoms with E-state index in [9.17, 15) is 15.0 Å². The molecule has 0 radical (unpaired) electrons. The number of carbonyl (C=O) groups is 1. The number of aryl methyl sites for hydroxylation is 1. The molecule has 2 aliphatic rings. The normalized spacial score (nSPS) is 18.0.